The van der Waals surface area contributed by atoms with Gasteiger partial charge in [0.05, 0.1) is 12.7 Å². The lowest BCUT2D eigenvalue weighted by atomic mass is 10.3. The standard InChI is InChI=1S/C11H12F3N7O/c1-21-19-9(18-20-21)6-16-10(15)17-7-4-2-3-5-8(7)22-11(12,13)14/h2-5H,6H2,1H3,(H3,15,16,17). The highest BCUT2D eigenvalue weighted by atomic mass is 19.4. The Morgan fingerprint density at radius 3 is 2.77 bits per heavy atom. The van der Waals surface area contributed by atoms with Gasteiger partial charge in [-0.2, -0.15) is 4.80 Å². The summed E-state index contributed by atoms with van der Waals surface area (Å²) in [5.74, 6) is -0.191. The number of alkyl halides is 3. The van der Waals surface area contributed by atoms with Crippen molar-refractivity contribution in [1.29, 1.82) is 0 Å². The van der Waals surface area contributed by atoms with Gasteiger partial charge in [0.25, 0.3) is 0 Å². The summed E-state index contributed by atoms with van der Waals surface area (Å²) in [5, 5.41) is 13.7. The maximum absolute atomic E-state index is 12.3. The van der Waals surface area contributed by atoms with E-state index in [9.17, 15) is 13.2 Å². The highest BCUT2D eigenvalue weighted by Crippen LogP contribution is 2.29. The Hall–Kier alpha value is -2.85. The number of aromatic nitrogens is 4. The molecule has 11 heteroatoms. The van der Waals surface area contributed by atoms with E-state index in [-0.39, 0.29) is 18.2 Å². The maximum atomic E-state index is 12.3. The number of tetrazole rings is 1. The molecule has 0 atom stereocenters. The molecule has 2 aromatic rings. The molecule has 0 fully saturated rings. The number of nitrogens with one attached hydrogen (secondary N) is 1. The van der Waals surface area contributed by atoms with Crippen molar-refractivity contribution in [3.8, 4) is 5.75 Å². The minimum atomic E-state index is -4.80. The van der Waals surface area contributed by atoms with E-state index in [1.54, 1.807) is 7.05 Å². The van der Waals surface area contributed by atoms with Gasteiger partial charge in [-0.15, -0.1) is 23.4 Å². The third-order valence-electron chi connectivity index (χ3n) is 2.32. The minimum Gasteiger partial charge on any atom is -0.404 e. The van der Waals surface area contributed by atoms with Crippen LogP contribution in [0.25, 0.3) is 0 Å². The van der Waals surface area contributed by atoms with Crippen molar-refractivity contribution >= 4 is 11.6 Å². The molecule has 0 spiro atoms. The molecule has 1 aromatic carbocycles. The summed E-state index contributed by atoms with van der Waals surface area (Å²) in [7, 11) is 1.59. The Balaban J connectivity index is 2.06. The highest BCUT2D eigenvalue weighted by Gasteiger charge is 2.32. The summed E-state index contributed by atoms with van der Waals surface area (Å²) in [6, 6.07) is 5.48. The number of aryl methyl sites for hydroxylation is 1. The molecule has 0 saturated carbocycles. The first-order valence-corrected chi connectivity index (χ1v) is 5.98. The zero-order valence-corrected chi connectivity index (χ0v) is 11.4. The first-order chi connectivity index (χ1) is 10.3. The monoisotopic (exact) mass is 315 g/mol. The van der Waals surface area contributed by atoms with Crippen LogP contribution in [0.4, 0.5) is 18.9 Å². The number of nitrogens with zero attached hydrogens (tertiary/aromatic N) is 5. The normalized spacial score (nSPS) is 12.3. The second-order valence-corrected chi connectivity index (χ2v) is 4.07. The molecule has 0 aliphatic rings. The number of hydrogen-bond acceptors (Lipinski definition) is 5. The summed E-state index contributed by atoms with van der Waals surface area (Å²) in [4.78, 5) is 5.16. The minimum absolute atomic E-state index is 0.0354. The second-order valence-electron chi connectivity index (χ2n) is 4.07. The van der Waals surface area contributed by atoms with Gasteiger partial charge in [0.2, 0.25) is 0 Å². The zero-order chi connectivity index (χ0) is 16.2. The first kappa shape index (κ1) is 15.5. The van der Waals surface area contributed by atoms with E-state index in [0.717, 1.165) is 6.07 Å². The average Bonchev–Trinajstić information content (AvgIpc) is 2.83. The van der Waals surface area contributed by atoms with E-state index in [1.807, 2.05) is 0 Å². The van der Waals surface area contributed by atoms with Gasteiger partial charge in [0, 0.05) is 0 Å². The van der Waals surface area contributed by atoms with Crippen LogP contribution in [0.1, 0.15) is 5.82 Å². The molecule has 0 aliphatic heterocycles. The molecule has 0 bridgehead atoms. The van der Waals surface area contributed by atoms with Crippen molar-refractivity contribution in [3.63, 3.8) is 0 Å². The van der Waals surface area contributed by atoms with Crippen LogP contribution < -0.4 is 15.8 Å². The van der Waals surface area contributed by atoms with E-state index in [4.69, 9.17) is 5.73 Å². The summed E-state index contributed by atoms with van der Waals surface area (Å²) >= 11 is 0. The molecule has 0 radical (unpaired) electrons. The molecule has 0 unspecified atom stereocenters. The fraction of sp³-hybridized carbons (Fsp3) is 0.273. The largest absolute Gasteiger partial charge is 0.573 e. The Labute approximate surface area is 122 Å². The van der Waals surface area contributed by atoms with Gasteiger partial charge in [-0.05, 0) is 17.3 Å². The third-order valence-corrected chi connectivity index (χ3v) is 2.32. The van der Waals surface area contributed by atoms with Crippen LogP contribution in [0.15, 0.2) is 29.3 Å². The van der Waals surface area contributed by atoms with Crippen molar-refractivity contribution in [2.24, 2.45) is 17.8 Å². The lowest BCUT2D eigenvalue weighted by molar-refractivity contribution is -0.274. The van der Waals surface area contributed by atoms with Crippen LogP contribution in [0.5, 0.6) is 5.75 Å². The molecule has 3 N–H and O–H groups in total. The van der Waals surface area contributed by atoms with Crippen LogP contribution in [0, 0.1) is 0 Å². The number of rotatable bonds is 4. The van der Waals surface area contributed by atoms with Crippen LogP contribution in [0.2, 0.25) is 0 Å². The van der Waals surface area contributed by atoms with Gasteiger partial charge in [-0.25, -0.2) is 4.99 Å². The number of benzene rings is 1. The van der Waals surface area contributed by atoms with Crippen LogP contribution in [-0.4, -0.2) is 32.5 Å². The van der Waals surface area contributed by atoms with Gasteiger partial charge in [0.1, 0.15) is 6.54 Å². The van der Waals surface area contributed by atoms with Crippen LogP contribution in [0.3, 0.4) is 0 Å². The molecule has 0 saturated heterocycles. The van der Waals surface area contributed by atoms with Crippen molar-refractivity contribution < 1.29 is 17.9 Å². The number of halogens is 3. The molecule has 8 nitrogen and oxygen atoms in total. The van der Waals surface area contributed by atoms with Crippen molar-refractivity contribution in [2.45, 2.75) is 12.9 Å². The van der Waals surface area contributed by atoms with Gasteiger partial charge in [-0.3, -0.25) is 0 Å². The van der Waals surface area contributed by atoms with Gasteiger partial charge in [-0.1, -0.05) is 12.1 Å². The molecule has 2 rings (SSSR count). The number of para-hydroxylation sites is 2. The summed E-state index contributed by atoms with van der Waals surface area (Å²) < 4.78 is 40.8. The lowest BCUT2D eigenvalue weighted by Crippen LogP contribution is -2.24. The fourth-order valence-electron chi connectivity index (χ4n) is 1.50. The molecular weight excluding hydrogens is 303 g/mol. The van der Waals surface area contributed by atoms with Crippen molar-refractivity contribution in [3.05, 3.63) is 30.1 Å². The lowest BCUT2D eigenvalue weighted by Gasteiger charge is -2.13. The Kier molecular flexibility index (Phi) is 4.44. The van der Waals surface area contributed by atoms with Gasteiger partial charge >= 0.3 is 6.36 Å². The molecular formula is C11H12F3N7O. The number of aliphatic imine (C=N–C) groups is 1. The number of nitrogens with two attached hydrogens (primary N) is 1. The Morgan fingerprint density at radius 1 is 1.41 bits per heavy atom. The van der Waals surface area contributed by atoms with E-state index < -0.39 is 12.1 Å². The average molecular weight is 315 g/mol. The molecule has 1 aromatic heterocycles. The molecule has 1 heterocycles. The SMILES string of the molecule is Cn1nnc(CN=C(N)Nc2ccccc2OC(F)(F)F)n1. The third kappa shape index (κ3) is 4.61. The second kappa shape index (κ2) is 6.28. The number of guanidine groups is 1. The number of ether oxygens (including phenoxy) is 1. The van der Waals surface area contributed by atoms with E-state index in [2.05, 4.69) is 30.5 Å². The van der Waals surface area contributed by atoms with Gasteiger partial charge in [0.15, 0.2) is 17.5 Å². The predicted molar refractivity (Wildman–Crippen MR) is 70.9 cm³/mol. The number of anilines is 1. The molecule has 22 heavy (non-hydrogen) atoms. The number of hydrogen-bond donors (Lipinski definition) is 2. The van der Waals surface area contributed by atoms with Crippen molar-refractivity contribution in [2.75, 3.05) is 5.32 Å². The molecule has 0 aliphatic carbocycles. The van der Waals surface area contributed by atoms with Gasteiger partial charge < -0.3 is 15.8 Å². The van der Waals surface area contributed by atoms with Crippen molar-refractivity contribution in [1.82, 2.24) is 20.2 Å². The van der Waals surface area contributed by atoms with Crippen LogP contribution in [-0.2, 0) is 13.6 Å². The quantitative estimate of drug-likeness (QED) is 0.645. The summed E-state index contributed by atoms with van der Waals surface area (Å²) in [6.07, 6.45) is -4.80. The van der Waals surface area contributed by atoms with E-state index in [1.165, 1.54) is 23.0 Å². The zero-order valence-electron chi connectivity index (χ0n) is 11.4. The topological polar surface area (TPSA) is 103 Å². The molecule has 0 amide bonds. The Bertz CT molecular complexity index is 668. The Morgan fingerprint density at radius 2 is 2.14 bits per heavy atom. The smallest absolute Gasteiger partial charge is 0.404 e. The first-order valence-electron chi connectivity index (χ1n) is 5.98. The van der Waals surface area contributed by atoms with E-state index in [0.29, 0.717) is 5.82 Å². The van der Waals surface area contributed by atoms with Crippen LogP contribution >= 0.6 is 0 Å². The summed E-state index contributed by atoms with van der Waals surface area (Å²) in [6.45, 7) is 0.0367. The predicted octanol–water partition coefficient (Wildman–Crippen LogP) is 1.04. The summed E-state index contributed by atoms with van der Waals surface area (Å²) in [5.41, 5.74) is 5.65. The highest BCUT2D eigenvalue weighted by molar-refractivity contribution is 5.93. The molecule has 118 valence electrons. The fourth-order valence-corrected chi connectivity index (χ4v) is 1.50. The van der Waals surface area contributed by atoms with E-state index >= 15 is 0 Å². The maximum Gasteiger partial charge on any atom is 0.573 e.